The van der Waals surface area contributed by atoms with Crippen LogP contribution in [0.4, 0.5) is 0 Å². The number of nitrogens with one attached hydrogen (secondary N) is 2. The molecule has 0 aliphatic heterocycles. The molecular formula is C44H68N2O6Y2. The monoisotopic (exact) mass is 898 g/mol. The molecule has 2 radical (unpaired) electrons. The van der Waals surface area contributed by atoms with Gasteiger partial charge in [-0.2, -0.15) is 0 Å². The van der Waals surface area contributed by atoms with Crippen molar-refractivity contribution in [2.24, 2.45) is 17.8 Å². The van der Waals surface area contributed by atoms with Gasteiger partial charge in [0.05, 0.1) is 52.9 Å². The third-order valence-corrected chi connectivity index (χ3v) is 13.0. The molecule has 54 heavy (non-hydrogen) atoms. The van der Waals surface area contributed by atoms with Gasteiger partial charge in [0.25, 0.3) is 0 Å². The summed E-state index contributed by atoms with van der Waals surface area (Å²) in [5.74, 6) is 2.32. The summed E-state index contributed by atoms with van der Waals surface area (Å²) < 4.78 is 23.7. The normalized spacial score (nSPS) is 27.6. The molecule has 2 aromatic rings. The molecular weight excluding hydrogens is 830 g/mol. The minimum Gasteiger partial charge on any atom is -0.508 e. The topological polar surface area (TPSA) is 101 Å². The summed E-state index contributed by atoms with van der Waals surface area (Å²) in [6, 6.07) is 12.8. The van der Waals surface area contributed by atoms with E-state index in [1.165, 1.54) is 73.6 Å². The Balaban J connectivity index is 0.00000325. The van der Waals surface area contributed by atoms with Gasteiger partial charge in [0.1, 0.15) is 11.5 Å². The molecule has 8 nitrogen and oxygen atoms in total. The summed E-state index contributed by atoms with van der Waals surface area (Å²) >= 11 is 0. The fraction of sp³-hybridized carbons (Fsp3) is 0.727. The zero-order chi connectivity index (χ0) is 36.4. The van der Waals surface area contributed by atoms with Crippen LogP contribution in [-0.4, -0.2) is 88.2 Å². The molecule has 0 spiro atoms. The van der Waals surface area contributed by atoms with Crippen LogP contribution in [0.2, 0.25) is 0 Å². The molecule has 2 saturated carbocycles. The predicted molar refractivity (Wildman–Crippen MR) is 207 cm³/mol. The average molecular weight is 899 g/mol. The molecule has 10 heteroatoms. The van der Waals surface area contributed by atoms with E-state index in [2.05, 4.69) is 43.5 Å². The van der Waals surface area contributed by atoms with Crippen molar-refractivity contribution in [2.75, 3.05) is 65.9 Å². The third kappa shape index (κ3) is 12.0. The van der Waals surface area contributed by atoms with Crippen LogP contribution >= 0.6 is 0 Å². The van der Waals surface area contributed by atoms with Crippen molar-refractivity contribution in [1.82, 2.24) is 10.6 Å². The molecule has 6 rings (SSSR count). The van der Waals surface area contributed by atoms with Crippen LogP contribution in [0.15, 0.2) is 36.4 Å². The van der Waals surface area contributed by atoms with Crippen LogP contribution < -0.4 is 10.6 Å². The van der Waals surface area contributed by atoms with Crippen molar-refractivity contribution in [3.8, 4) is 11.5 Å². The van der Waals surface area contributed by atoms with Gasteiger partial charge in [-0.05, 0) is 96.9 Å². The van der Waals surface area contributed by atoms with Crippen LogP contribution in [0.3, 0.4) is 0 Å². The Bertz CT molecular complexity index is 1310. The molecule has 0 saturated heterocycles. The van der Waals surface area contributed by atoms with Gasteiger partial charge in [-0.3, -0.25) is 0 Å². The van der Waals surface area contributed by atoms with Crippen molar-refractivity contribution in [1.29, 1.82) is 0 Å². The molecule has 4 N–H and O–H groups in total. The average Bonchev–Trinajstić information content (AvgIpc) is 3.12. The Hall–Kier alpha value is 0.00779. The molecule has 0 unspecified atom stereocenters. The molecule has 0 heterocycles. The first kappa shape index (κ1) is 46.7. The second kappa shape index (κ2) is 23.0. The molecule has 0 amide bonds. The number of fused-ring (bicyclic) bond motifs is 8. The minimum absolute atomic E-state index is 0. The second-order valence-corrected chi connectivity index (χ2v) is 17.0. The summed E-state index contributed by atoms with van der Waals surface area (Å²) in [5, 5.41) is 28.4. The van der Waals surface area contributed by atoms with E-state index in [9.17, 15) is 10.2 Å². The maximum Gasteiger partial charge on any atom is 0.115 e. The molecule has 2 aromatic carbocycles. The largest absolute Gasteiger partial charge is 0.508 e. The van der Waals surface area contributed by atoms with Gasteiger partial charge in [-0.1, -0.05) is 71.4 Å². The Morgan fingerprint density at radius 1 is 0.611 bits per heavy atom. The molecule has 0 aromatic heterocycles. The van der Waals surface area contributed by atoms with Gasteiger partial charge in [0, 0.05) is 107 Å². The Kier molecular flexibility index (Phi) is 19.9. The van der Waals surface area contributed by atoms with Crippen molar-refractivity contribution in [2.45, 2.75) is 121 Å². The van der Waals surface area contributed by atoms with Gasteiger partial charge in [-0.25, -0.2) is 0 Å². The first-order valence-electron chi connectivity index (χ1n) is 20.7. The zero-order valence-corrected chi connectivity index (χ0v) is 39.3. The van der Waals surface area contributed by atoms with Crippen LogP contribution in [0.1, 0.15) is 107 Å². The third-order valence-electron chi connectivity index (χ3n) is 13.0. The predicted octanol–water partition coefficient (Wildman–Crippen LogP) is 7.20. The van der Waals surface area contributed by atoms with Crippen LogP contribution in [-0.2, 0) is 108 Å². The van der Waals surface area contributed by atoms with Gasteiger partial charge in [-0.15, -0.1) is 0 Å². The molecule has 4 bridgehead atoms. The van der Waals surface area contributed by atoms with Crippen molar-refractivity contribution in [3.05, 3.63) is 58.7 Å². The van der Waals surface area contributed by atoms with Crippen LogP contribution in [0.25, 0.3) is 0 Å². The fourth-order valence-electron chi connectivity index (χ4n) is 10.4. The summed E-state index contributed by atoms with van der Waals surface area (Å²) in [5.41, 5.74) is 5.58. The fourth-order valence-corrected chi connectivity index (χ4v) is 10.4. The zero-order valence-electron chi connectivity index (χ0n) is 33.6. The molecule has 4 aliphatic rings. The number of hydrogen-bond donors (Lipinski definition) is 4. The first-order valence-corrected chi connectivity index (χ1v) is 20.7. The number of rotatable bonds is 18. The first-order chi connectivity index (χ1) is 25.3. The number of aromatic hydroxyl groups is 2. The molecule has 296 valence electrons. The summed E-state index contributed by atoms with van der Waals surface area (Å²) in [7, 11) is 0. The molecule has 6 atom stereocenters. The van der Waals surface area contributed by atoms with Gasteiger partial charge in [0.15, 0.2) is 0 Å². The Labute approximate surface area is 376 Å². The summed E-state index contributed by atoms with van der Waals surface area (Å²) in [4.78, 5) is 0. The molecule has 2 fully saturated rings. The number of hydrogen-bond acceptors (Lipinski definition) is 8. The van der Waals surface area contributed by atoms with Crippen LogP contribution in [0.5, 0.6) is 11.5 Å². The summed E-state index contributed by atoms with van der Waals surface area (Å²) in [6.45, 7) is 13.6. The SMILES string of the molecule is CC(COCCOCCN[C@H]1[C@H]2CCCCC[C@]1(C)c1cc(O)ccc1C2)COCCOCCN[C@H]1[C@H]2CCCCC[C@]1(C)c1cc(O)ccc1C2.[Y].[Y]. The van der Waals surface area contributed by atoms with E-state index < -0.39 is 0 Å². The van der Waals surface area contributed by atoms with Crippen molar-refractivity contribution in [3.63, 3.8) is 0 Å². The van der Waals surface area contributed by atoms with E-state index in [1.54, 1.807) is 0 Å². The Morgan fingerprint density at radius 2 is 1.04 bits per heavy atom. The smallest absolute Gasteiger partial charge is 0.115 e. The van der Waals surface area contributed by atoms with E-state index in [0.717, 1.165) is 38.8 Å². The number of benzene rings is 2. The quantitative estimate of drug-likeness (QED) is 0.117. The van der Waals surface area contributed by atoms with Crippen LogP contribution in [0, 0.1) is 17.8 Å². The van der Waals surface area contributed by atoms with Gasteiger partial charge >= 0.3 is 0 Å². The van der Waals surface area contributed by atoms with E-state index >= 15 is 0 Å². The van der Waals surface area contributed by atoms with E-state index in [1.807, 2.05) is 24.3 Å². The number of phenolic OH excluding ortho intramolecular Hbond substituents is 2. The summed E-state index contributed by atoms with van der Waals surface area (Å²) in [6.07, 6.45) is 14.7. The van der Waals surface area contributed by atoms with Gasteiger partial charge < -0.3 is 39.8 Å². The number of ether oxygens (including phenoxy) is 4. The van der Waals surface area contributed by atoms with Crippen molar-refractivity contribution < 1.29 is 94.6 Å². The van der Waals surface area contributed by atoms with E-state index in [-0.39, 0.29) is 76.2 Å². The standard InChI is InChI=1S/C44H68N2O6.2Y/c1-32(30-51-24-22-49-20-18-45-41-35-10-6-4-8-16-43(41,2)39-28-37(47)14-12-33(39)26-35)31-52-25-23-50-21-19-46-42-36-11-7-5-9-17-44(42,3)40-29-38(48)15-13-34(40)27-36;;/h12-15,28-29,32,35-36,41-42,45-48H,4-11,16-27,30-31H2,1-3H3;;/t35-,36-,41-,42-,43+,44+;;/m0../s1. The van der Waals surface area contributed by atoms with Crippen molar-refractivity contribution >= 4 is 0 Å². The van der Waals surface area contributed by atoms with Gasteiger partial charge in [0.2, 0.25) is 0 Å². The maximum atomic E-state index is 10.3. The minimum atomic E-state index is 0. The Morgan fingerprint density at radius 3 is 1.48 bits per heavy atom. The van der Waals surface area contributed by atoms with E-state index in [0.29, 0.717) is 94.2 Å². The maximum absolute atomic E-state index is 10.3. The molecule has 4 aliphatic carbocycles. The number of phenols is 2. The second-order valence-electron chi connectivity index (χ2n) is 17.0. The van der Waals surface area contributed by atoms with E-state index in [4.69, 9.17) is 18.9 Å².